The van der Waals surface area contributed by atoms with Crippen LogP contribution in [0.2, 0.25) is 0 Å². The second-order valence-corrected chi connectivity index (χ2v) is 5.40. The van der Waals surface area contributed by atoms with E-state index in [-0.39, 0.29) is 36.0 Å². The smallest absolute Gasteiger partial charge is 0.293 e. The van der Waals surface area contributed by atoms with E-state index in [0.717, 1.165) is 0 Å². The summed E-state index contributed by atoms with van der Waals surface area (Å²) in [4.78, 5) is 47.6. The van der Waals surface area contributed by atoms with E-state index < -0.39 is 22.7 Å². The van der Waals surface area contributed by atoms with Crippen LogP contribution < -0.4 is 10.2 Å². The van der Waals surface area contributed by atoms with Crippen molar-refractivity contribution in [2.24, 2.45) is 5.92 Å². The third-order valence-corrected chi connectivity index (χ3v) is 4.19. The molecule has 1 saturated heterocycles. The van der Waals surface area contributed by atoms with Crippen LogP contribution in [0.25, 0.3) is 0 Å². The van der Waals surface area contributed by atoms with Crippen molar-refractivity contribution in [3.05, 3.63) is 33.9 Å². The Balaban J connectivity index is 2.08. The molecule has 3 rings (SSSR count). The van der Waals surface area contributed by atoms with Crippen molar-refractivity contribution in [2.45, 2.75) is 18.8 Å². The molecule has 2 aliphatic heterocycles. The maximum Gasteiger partial charge on any atom is 0.293 e. The van der Waals surface area contributed by atoms with E-state index in [4.69, 9.17) is 0 Å². The highest BCUT2D eigenvalue weighted by atomic mass is 16.6. The molecule has 1 fully saturated rings. The standard InChI is InChI=1S/C14H13N3O5/c1-16-12-7(3-2-4-9(12)17(21)22)11(14(16)20)8-5-6-10(18)15-13(8)19/h2-4,8,11H,5-6H2,1H3,(H,15,18,19). The summed E-state index contributed by atoms with van der Waals surface area (Å²) in [7, 11) is 1.46. The minimum absolute atomic E-state index is 0.161. The number of imide groups is 1. The first kappa shape index (κ1) is 14.2. The van der Waals surface area contributed by atoms with Gasteiger partial charge in [0.25, 0.3) is 5.69 Å². The fraction of sp³-hybridized carbons (Fsp3) is 0.357. The minimum atomic E-state index is -0.784. The number of fused-ring (bicyclic) bond motifs is 1. The first-order valence-corrected chi connectivity index (χ1v) is 6.80. The highest BCUT2D eigenvalue weighted by Gasteiger charge is 2.47. The minimum Gasteiger partial charge on any atom is -0.309 e. The number of hydrogen-bond donors (Lipinski definition) is 1. The van der Waals surface area contributed by atoms with Crippen LogP contribution in [0.5, 0.6) is 0 Å². The molecule has 2 aliphatic rings. The zero-order valence-corrected chi connectivity index (χ0v) is 11.7. The lowest BCUT2D eigenvalue weighted by atomic mass is 9.81. The molecule has 2 atom stereocenters. The van der Waals surface area contributed by atoms with E-state index in [1.807, 2.05) is 0 Å². The van der Waals surface area contributed by atoms with E-state index in [2.05, 4.69) is 5.32 Å². The number of benzene rings is 1. The van der Waals surface area contributed by atoms with Crippen LogP contribution in [0, 0.1) is 16.0 Å². The molecule has 22 heavy (non-hydrogen) atoms. The summed E-state index contributed by atoms with van der Waals surface area (Å²) in [6.45, 7) is 0. The molecule has 0 aromatic heterocycles. The summed E-state index contributed by atoms with van der Waals surface area (Å²) in [6, 6.07) is 4.45. The number of piperidine rings is 1. The van der Waals surface area contributed by atoms with Crippen LogP contribution in [0.4, 0.5) is 11.4 Å². The lowest BCUT2D eigenvalue weighted by molar-refractivity contribution is -0.384. The second kappa shape index (κ2) is 4.90. The summed E-state index contributed by atoms with van der Waals surface area (Å²) in [6.07, 6.45) is 0.422. The molecule has 0 radical (unpaired) electrons. The third-order valence-electron chi connectivity index (χ3n) is 4.19. The van der Waals surface area contributed by atoms with Gasteiger partial charge in [0.2, 0.25) is 17.7 Å². The lowest BCUT2D eigenvalue weighted by Crippen LogP contribution is -2.44. The molecule has 3 amide bonds. The monoisotopic (exact) mass is 303 g/mol. The predicted octanol–water partition coefficient (Wildman–Crippen LogP) is 0.708. The number of amides is 3. The summed E-state index contributed by atoms with van der Waals surface area (Å²) < 4.78 is 0. The van der Waals surface area contributed by atoms with Gasteiger partial charge in [-0.3, -0.25) is 29.8 Å². The topological polar surface area (TPSA) is 110 Å². The first-order chi connectivity index (χ1) is 10.4. The molecule has 2 unspecified atom stereocenters. The van der Waals surface area contributed by atoms with Crippen molar-refractivity contribution in [1.82, 2.24) is 5.32 Å². The highest BCUT2D eigenvalue weighted by molar-refractivity contribution is 6.10. The molecule has 1 aromatic carbocycles. The Hall–Kier alpha value is -2.77. The number of anilines is 1. The van der Waals surface area contributed by atoms with Gasteiger partial charge in [0.1, 0.15) is 5.69 Å². The maximum absolute atomic E-state index is 12.5. The van der Waals surface area contributed by atoms with Gasteiger partial charge in [-0.2, -0.15) is 0 Å². The summed E-state index contributed by atoms with van der Waals surface area (Å²) in [5, 5.41) is 13.4. The van der Waals surface area contributed by atoms with Gasteiger partial charge in [-0.1, -0.05) is 12.1 Å². The summed E-state index contributed by atoms with van der Waals surface area (Å²) in [5.41, 5.74) is 0.534. The molecule has 2 heterocycles. The van der Waals surface area contributed by atoms with Crippen LogP contribution in [-0.4, -0.2) is 29.7 Å². The Kier molecular flexibility index (Phi) is 3.16. The van der Waals surface area contributed by atoms with Crippen molar-refractivity contribution < 1.29 is 19.3 Å². The maximum atomic E-state index is 12.5. The van der Waals surface area contributed by atoms with Gasteiger partial charge in [0.05, 0.1) is 16.8 Å². The van der Waals surface area contributed by atoms with Gasteiger partial charge < -0.3 is 4.90 Å². The SMILES string of the molecule is CN1C(=O)C(C2CCC(=O)NC2=O)c2cccc([N+](=O)[O-])c21. The quantitative estimate of drug-likeness (QED) is 0.491. The molecular weight excluding hydrogens is 290 g/mol. The number of nitrogens with one attached hydrogen (secondary N) is 1. The zero-order chi connectivity index (χ0) is 16.0. The van der Waals surface area contributed by atoms with Crippen LogP contribution >= 0.6 is 0 Å². The summed E-state index contributed by atoms with van der Waals surface area (Å²) in [5.74, 6) is -2.69. The van der Waals surface area contributed by atoms with Crippen LogP contribution in [0.15, 0.2) is 18.2 Å². The molecule has 1 aromatic rings. The number of hydrogen-bond acceptors (Lipinski definition) is 5. The van der Waals surface area contributed by atoms with Crippen molar-refractivity contribution in [3.8, 4) is 0 Å². The average Bonchev–Trinajstić information content (AvgIpc) is 2.72. The van der Waals surface area contributed by atoms with Crippen molar-refractivity contribution in [1.29, 1.82) is 0 Å². The molecule has 0 spiro atoms. The number of nitro benzene ring substituents is 1. The Morgan fingerprint density at radius 3 is 2.68 bits per heavy atom. The molecule has 0 saturated carbocycles. The van der Waals surface area contributed by atoms with Gasteiger partial charge in [0, 0.05) is 19.5 Å². The van der Waals surface area contributed by atoms with E-state index in [9.17, 15) is 24.5 Å². The van der Waals surface area contributed by atoms with Crippen molar-refractivity contribution in [2.75, 3.05) is 11.9 Å². The Morgan fingerprint density at radius 2 is 2.05 bits per heavy atom. The largest absolute Gasteiger partial charge is 0.309 e. The number of para-hydroxylation sites is 1. The molecular formula is C14H13N3O5. The predicted molar refractivity (Wildman–Crippen MR) is 75.1 cm³/mol. The summed E-state index contributed by atoms with van der Waals surface area (Å²) >= 11 is 0. The van der Waals surface area contributed by atoms with Gasteiger partial charge in [-0.15, -0.1) is 0 Å². The van der Waals surface area contributed by atoms with E-state index in [1.54, 1.807) is 6.07 Å². The van der Waals surface area contributed by atoms with E-state index in [1.165, 1.54) is 24.1 Å². The third kappa shape index (κ3) is 1.95. The fourth-order valence-electron chi connectivity index (χ4n) is 3.18. The fourth-order valence-corrected chi connectivity index (χ4v) is 3.18. The van der Waals surface area contributed by atoms with Crippen molar-refractivity contribution in [3.63, 3.8) is 0 Å². The molecule has 1 N–H and O–H groups in total. The van der Waals surface area contributed by atoms with E-state index >= 15 is 0 Å². The van der Waals surface area contributed by atoms with Crippen LogP contribution in [0.3, 0.4) is 0 Å². The molecule has 114 valence electrons. The second-order valence-electron chi connectivity index (χ2n) is 5.40. The number of nitrogens with zero attached hydrogens (tertiary/aromatic N) is 2. The van der Waals surface area contributed by atoms with Gasteiger partial charge in [-0.25, -0.2) is 0 Å². The van der Waals surface area contributed by atoms with Crippen molar-refractivity contribution >= 4 is 29.1 Å². The van der Waals surface area contributed by atoms with Crippen LogP contribution in [-0.2, 0) is 14.4 Å². The lowest BCUT2D eigenvalue weighted by Gasteiger charge is -2.25. The van der Waals surface area contributed by atoms with Gasteiger partial charge in [-0.05, 0) is 12.0 Å². The number of carbonyl (C=O) groups is 3. The van der Waals surface area contributed by atoms with Crippen LogP contribution in [0.1, 0.15) is 24.3 Å². The Bertz CT molecular complexity index is 714. The molecule has 0 bridgehead atoms. The first-order valence-electron chi connectivity index (χ1n) is 6.80. The number of rotatable bonds is 2. The zero-order valence-electron chi connectivity index (χ0n) is 11.7. The normalized spacial score (nSPS) is 24.2. The van der Waals surface area contributed by atoms with Gasteiger partial charge >= 0.3 is 0 Å². The van der Waals surface area contributed by atoms with Gasteiger partial charge in [0.15, 0.2) is 0 Å². The Labute approximate surface area is 125 Å². The average molecular weight is 303 g/mol. The van der Waals surface area contributed by atoms with E-state index in [0.29, 0.717) is 5.56 Å². The molecule has 8 heteroatoms. The Morgan fingerprint density at radius 1 is 1.32 bits per heavy atom. The number of carbonyl (C=O) groups excluding carboxylic acids is 3. The number of nitro groups is 1. The molecule has 8 nitrogen and oxygen atoms in total. The number of likely N-dealkylation sites (N-methyl/N-ethyl adjacent to an activating group) is 1. The highest BCUT2D eigenvalue weighted by Crippen LogP contribution is 2.46. The molecule has 0 aliphatic carbocycles.